The molecule has 0 bridgehead atoms. The third-order valence-corrected chi connectivity index (χ3v) is 2.54. The van der Waals surface area contributed by atoms with Crippen molar-refractivity contribution >= 4 is 17.4 Å². The maximum atomic E-state index is 13.3. The van der Waals surface area contributed by atoms with Gasteiger partial charge in [-0.15, -0.1) is 0 Å². The first kappa shape index (κ1) is 12.1. The number of ketones is 1. The molecule has 0 aromatic heterocycles. The van der Waals surface area contributed by atoms with Crippen LogP contribution in [0.1, 0.15) is 19.4 Å². The van der Waals surface area contributed by atoms with E-state index in [2.05, 4.69) is 0 Å². The lowest BCUT2D eigenvalue weighted by atomic mass is 9.93. The molecule has 1 rings (SSSR count). The number of hydrogen-bond donors (Lipinski definition) is 1. The first-order chi connectivity index (χ1) is 6.83. The number of carbonyl (C=O) groups excluding carboxylic acids is 1. The molecule has 82 valence electrons. The first-order valence-electron chi connectivity index (χ1n) is 4.50. The zero-order chi connectivity index (χ0) is 11.6. The van der Waals surface area contributed by atoms with Crippen molar-refractivity contribution in [3.05, 3.63) is 34.6 Å². The lowest BCUT2D eigenvalue weighted by molar-refractivity contribution is -0.133. The largest absolute Gasteiger partial charge is 0.382 e. The number of benzene rings is 1. The van der Waals surface area contributed by atoms with Gasteiger partial charge in [0.2, 0.25) is 0 Å². The third kappa shape index (κ3) is 3.01. The quantitative estimate of drug-likeness (QED) is 0.866. The summed E-state index contributed by atoms with van der Waals surface area (Å²) in [4.78, 5) is 11.0. The van der Waals surface area contributed by atoms with Crippen molar-refractivity contribution in [2.75, 3.05) is 0 Å². The van der Waals surface area contributed by atoms with Crippen LogP contribution in [0.4, 0.5) is 4.39 Å². The molecule has 1 aromatic rings. The normalized spacial score (nSPS) is 14.7. The van der Waals surface area contributed by atoms with Crippen LogP contribution in [0, 0.1) is 5.82 Å². The van der Waals surface area contributed by atoms with Crippen molar-refractivity contribution in [3.63, 3.8) is 0 Å². The number of Topliss-reactive ketones (excluding diaryl/α,β-unsaturated/α-hetero) is 1. The van der Waals surface area contributed by atoms with Gasteiger partial charge >= 0.3 is 0 Å². The molecule has 0 aliphatic carbocycles. The van der Waals surface area contributed by atoms with Gasteiger partial charge in [-0.3, -0.25) is 4.79 Å². The Kier molecular flexibility index (Phi) is 3.47. The summed E-state index contributed by atoms with van der Waals surface area (Å²) < 4.78 is 13.3. The molecule has 0 spiro atoms. The molecule has 1 N–H and O–H groups in total. The Morgan fingerprint density at radius 2 is 2.20 bits per heavy atom. The van der Waals surface area contributed by atoms with Crippen molar-refractivity contribution in [1.82, 2.24) is 0 Å². The van der Waals surface area contributed by atoms with Gasteiger partial charge in [-0.25, -0.2) is 4.39 Å². The van der Waals surface area contributed by atoms with Crippen molar-refractivity contribution in [3.8, 4) is 0 Å². The Morgan fingerprint density at radius 3 is 2.67 bits per heavy atom. The standard InChI is InChI=1S/C11H12ClFO2/c1-7(14)11(2,15)6-8-3-4-9(12)5-10(8)13/h3-5,15H,6H2,1-2H3. The molecular weight excluding hydrogens is 219 g/mol. The molecule has 0 heterocycles. The minimum atomic E-state index is -1.53. The molecular formula is C11H12ClFO2. The predicted molar refractivity (Wildman–Crippen MR) is 56.4 cm³/mol. The maximum absolute atomic E-state index is 13.3. The van der Waals surface area contributed by atoms with E-state index in [0.717, 1.165) is 6.07 Å². The summed E-state index contributed by atoms with van der Waals surface area (Å²) in [5.74, 6) is -0.902. The van der Waals surface area contributed by atoms with E-state index in [9.17, 15) is 14.3 Å². The van der Waals surface area contributed by atoms with Gasteiger partial charge < -0.3 is 5.11 Å². The average molecular weight is 231 g/mol. The Bertz CT molecular complexity index is 388. The number of carbonyl (C=O) groups is 1. The van der Waals surface area contributed by atoms with E-state index >= 15 is 0 Å². The smallest absolute Gasteiger partial charge is 0.161 e. The van der Waals surface area contributed by atoms with E-state index in [1.54, 1.807) is 0 Å². The Morgan fingerprint density at radius 1 is 1.60 bits per heavy atom. The second-order valence-corrected chi connectivity index (χ2v) is 4.18. The number of aliphatic hydroxyl groups is 1. The predicted octanol–water partition coefficient (Wildman–Crippen LogP) is 2.36. The van der Waals surface area contributed by atoms with Crippen LogP contribution < -0.4 is 0 Å². The highest BCUT2D eigenvalue weighted by Crippen LogP contribution is 2.20. The lowest BCUT2D eigenvalue weighted by Crippen LogP contribution is -2.35. The highest BCUT2D eigenvalue weighted by atomic mass is 35.5. The monoisotopic (exact) mass is 230 g/mol. The van der Waals surface area contributed by atoms with Crippen LogP contribution in [0.3, 0.4) is 0 Å². The molecule has 0 fully saturated rings. The fourth-order valence-corrected chi connectivity index (χ4v) is 1.32. The second kappa shape index (κ2) is 4.29. The third-order valence-electron chi connectivity index (χ3n) is 2.31. The first-order valence-corrected chi connectivity index (χ1v) is 4.88. The van der Waals surface area contributed by atoms with Crippen LogP contribution in [-0.4, -0.2) is 16.5 Å². The highest BCUT2D eigenvalue weighted by molar-refractivity contribution is 6.30. The Balaban J connectivity index is 2.95. The molecule has 0 amide bonds. The number of hydrogen-bond acceptors (Lipinski definition) is 2. The van der Waals surface area contributed by atoms with Gasteiger partial charge in [0.05, 0.1) is 0 Å². The van der Waals surface area contributed by atoms with E-state index in [1.807, 2.05) is 0 Å². The summed E-state index contributed by atoms with van der Waals surface area (Å²) >= 11 is 5.58. The zero-order valence-electron chi connectivity index (χ0n) is 8.55. The van der Waals surface area contributed by atoms with Gasteiger partial charge in [-0.05, 0) is 31.5 Å². The zero-order valence-corrected chi connectivity index (χ0v) is 9.31. The molecule has 2 nitrogen and oxygen atoms in total. The van der Waals surface area contributed by atoms with Crippen LogP contribution >= 0.6 is 11.6 Å². The molecule has 4 heteroatoms. The van der Waals surface area contributed by atoms with E-state index in [1.165, 1.54) is 26.0 Å². The molecule has 0 aliphatic rings. The minimum Gasteiger partial charge on any atom is -0.382 e. The molecule has 15 heavy (non-hydrogen) atoms. The molecule has 0 saturated carbocycles. The number of halogens is 2. The molecule has 0 radical (unpaired) electrons. The fraction of sp³-hybridized carbons (Fsp3) is 0.364. The molecule has 0 saturated heterocycles. The van der Waals surface area contributed by atoms with Crippen molar-refractivity contribution in [2.24, 2.45) is 0 Å². The molecule has 1 unspecified atom stereocenters. The van der Waals surface area contributed by atoms with Crippen LogP contribution in [-0.2, 0) is 11.2 Å². The van der Waals surface area contributed by atoms with Crippen LogP contribution in [0.5, 0.6) is 0 Å². The van der Waals surface area contributed by atoms with E-state index in [-0.39, 0.29) is 12.0 Å². The number of rotatable bonds is 3. The SMILES string of the molecule is CC(=O)C(C)(O)Cc1ccc(Cl)cc1F. The summed E-state index contributed by atoms with van der Waals surface area (Å²) in [6, 6.07) is 4.15. The van der Waals surface area contributed by atoms with Crippen molar-refractivity contribution in [1.29, 1.82) is 0 Å². The van der Waals surface area contributed by atoms with Gasteiger partial charge in [0.1, 0.15) is 11.4 Å². The highest BCUT2D eigenvalue weighted by Gasteiger charge is 2.27. The van der Waals surface area contributed by atoms with Crippen LogP contribution in [0.15, 0.2) is 18.2 Å². The summed E-state index contributed by atoms with van der Waals surface area (Å²) in [5, 5.41) is 9.98. The summed E-state index contributed by atoms with van der Waals surface area (Å²) in [6.07, 6.45) is -0.0503. The minimum absolute atomic E-state index is 0.0503. The fourth-order valence-electron chi connectivity index (χ4n) is 1.16. The van der Waals surface area contributed by atoms with Gasteiger partial charge in [0.15, 0.2) is 5.78 Å². The Labute approximate surface area is 92.7 Å². The van der Waals surface area contributed by atoms with Gasteiger partial charge in [-0.2, -0.15) is 0 Å². The Hall–Kier alpha value is -0.930. The summed E-state index contributed by atoms with van der Waals surface area (Å²) in [6.45, 7) is 2.64. The maximum Gasteiger partial charge on any atom is 0.161 e. The van der Waals surface area contributed by atoms with Crippen LogP contribution in [0.25, 0.3) is 0 Å². The molecule has 0 aliphatic heterocycles. The molecule has 1 atom stereocenters. The topological polar surface area (TPSA) is 37.3 Å². The van der Waals surface area contributed by atoms with Crippen LogP contribution in [0.2, 0.25) is 5.02 Å². The van der Waals surface area contributed by atoms with Gasteiger partial charge in [0, 0.05) is 11.4 Å². The average Bonchev–Trinajstić information content (AvgIpc) is 2.09. The molecule has 1 aromatic carbocycles. The van der Waals surface area contributed by atoms with Crippen molar-refractivity contribution in [2.45, 2.75) is 25.9 Å². The summed E-state index contributed by atoms with van der Waals surface area (Å²) in [7, 11) is 0. The lowest BCUT2D eigenvalue weighted by Gasteiger charge is -2.19. The van der Waals surface area contributed by atoms with Gasteiger partial charge in [-0.1, -0.05) is 17.7 Å². The second-order valence-electron chi connectivity index (χ2n) is 3.74. The van der Waals surface area contributed by atoms with E-state index < -0.39 is 17.2 Å². The summed E-state index contributed by atoms with van der Waals surface area (Å²) in [5.41, 5.74) is -1.26. The van der Waals surface area contributed by atoms with E-state index in [4.69, 9.17) is 11.6 Å². The van der Waals surface area contributed by atoms with Gasteiger partial charge in [0.25, 0.3) is 0 Å². The van der Waals surface area contributed by atoms with E-state index in [0.29, 0.717) is 5.02 Å². The van der Waals surface area contributed by atoms with Crippen molar-refractivity contribution < 1.29 is 14.3 Å².